The topological polar surface area (TPSA) is 58.7 Å². The van der Waals surface area contributed by atoms with Crippen molar-refractivity contribution in [2.75, 3.05) is 13.1 Å². The summed E-state index contributed by atoms with van der Waals surface area (Å²) < 4.78 is 8.25. The van der Waals surface area contributed by atoms with Crippen LogP contribution in [0.1, 0.15) is 54.1 Å². The van der Waals surface area contributed by atoms with Crippen molar-refractivity contribution in [1.29, 1.82) is 0 Å². The molecule has 2 aromatic carbocycles. The highest BCUT2D eigenvalue weighted by Gasteiger charge is 2.31. The number of hydrogen-bond donors (Lipinski definition) is 1. The first kappa shape index (κ1) is 19.9. The fourth-order valence-corrected chi connectivity index (χ4v) is 4.90. The molecule has 0 saturated carbocycles. The fourth-order valence-electron chi connectivity index (χ4n) is 4.90. The van der Waals surface area contributed by atoms with Gasteiger partial charge in [0.2, 0.25) is 5.78 Å². The van der Waals surface area contributed by atoms with Crippen LogP contribution in [0.15, 0.2) is 48.4 Å². The van der Waals surface area contributed by atoms with Gasteiger partial charge < -0.3 is 19.3 Å². The fraction of sp³-hybridized carbons (Fsp3) is 0.346. The Bertz CT molecular complexity index is 1170. The maximum atomic E-state index is 13.1. The van der Waals surface area contributed by atoms with Crippen molar-refractivity contribution < 1.29 is 19.5 Å². The van der Waals surface area contributed by atoms with Crippen molar-refractivity contribution in [3.63, 3.8) is 0 Å². The van der Waals surface area contributed by atoms with E-state index in [1.807, 2.05) is 18.2 Å². The lowest BCUT2D eigenvalue weighted by atomic mass is 10.0. The maximum absolute atomic E-state index is 13.1. The highest BCUT2D eigenvalue weighted by Crippen LogP contribution is 2.39. The largest absolute Gasteiger partial charge is 0.872 e. The van der Waals surface area contributed by atoms with Gasteiger partial charge in [-0.2, -0.15) is 0 Å². The third-order valence-corrected chi connectivity index (χ3v) is 6.58. The highest BCUT2D eigenvalue weighted by molar-refractivity contribution is 6.15. The Kier molecular flexibility index (Phi) is 5.28. The zero-order valence-electron chi connectivity index (χ0n) is 17.9. The van der Waals surface area contributed by atoms with E-state index in [2.05, 4.69) is 29.8 Å². The number of ether oxygens (including phenoxy) is 1. The lowest BCUT2D eigenvalue weighted by Crippen LogP contribution is -3.10. The zero-order chi connectivity index (χ0) is 21.4. The number of ketones is 1. The molecule has 0 unspecified atom stereocenters. The smallest absolute Gasteiger partial charge is 0.231 e. The monoisotopic (exact) mass is 416 g/mol. The minimum absolute atomic E-state index is 0.0351. The van der Waals surface area contributed by atoms with Crippen LogP contribution in [-0.4, -0.2) is 23.4 Å². The van der Waals surface area contributed by atoms with Gasteiger partial charge in [-0.1, -0.05) is 30.0 Å². The van der Waals surface area contributed by atoms with Crippen LogP contribution in [0.5, 0.6) is 11.5 Å². The first-order valence-corrected chi connectivity index (χ1v) is 11.3. The van der Waals surface area contributed by atoms with E-state index >= 15 is 0 Å². The molecular formula is C26H28N2O3. The Morgan fingerprint density at radius 3 is 2.65 bits per heavy atom. The lowest BCUT2D eigenvalue weighted by Gasteiger charge is -2.22. The average Bonchev–Trinajstić information content (AvgIpc) is 3.16. The van der Waals surface area contributed by atoms with Gasteiger partial charge in [0.05, 0.1) is 18.7 Å². The zero-order valence-corrected chi connectivity index (χ0v) is 17.9. The molecule has 0 atom stereocenters. The molecule has 2 aliphatic heterocycles. The lowest BCUT2D eigenvalue weighted by molar-refractivity contribution is -0.913. The van der Waals surface area contributed by atoms with Crippen molar-refractivity contribution in [1.82, 2.24) is 4.57 Å². The molecule has 1 N–H and O–H groups in total. The van der Waals surface area contributed by atoms with Crippen molar-refractivity contribution in [3.05, 3.63) is 65.0 Å². The van der Waals surface area contributed by atoms with Crippen LogP contribution in [0, 0.1) is 0 Å². The molecule has 1 aromatic heterocycles. The molecule has 0 radical (unpaired) electrons. The van der Waals surface area contributed by atoms with Crippen LogP contribution in [0.3, 0.4) is 0 Å². The summed E-state index contributed by atoms with van der Waals surface area (Å²) in [7, 11) is 0. The molecule has 0 bridgehead atoms. The molecule has 31 heavy (non-hydrogen) atoms. The molecular weight excluding hydrogens is 388 g/mol. The van der Waals surface area contributed by atoms with Gasteiger partial charge in [0.25, 0.3) is 0 Å². The van der Waals surface area contributed by atoms with E-state index in [-0.39, 0.29) is 11.5 Å². The van der Waals surface area contributed by atoms with E-state index in [1.54, 1.807) is 6.07 Å². The van der Waals surface area contributed by atoms with Crippen LogP contribution in [0.4, 0.5) is 0 Å². The second-order valence-corrected chi connectivity index (χ2v) is 8.59. The maximum Gasteiger partial charge on any atom is 0.231 e. The van der Waals surface area contributed by atoms with E-state index in [1.165, 1.54) is 36.6 Å². The van der Waals surface area contributed by atoms with Gasteiger partial charge in [-0.05, 0) is 50.8 Å². The summed E-state index contributed by atoms with van der Waals surface area (Å²) in [5, 5.41) is 13.8. The average molecular weight is 417 g/mol. The second kappa shape index (κ2) is 8.23. The third-order valence-electron chi connectivity index (χ3n) is 6.58. The molecule has 5 heteroatoms. The van der Waals surface area contributed by atoms with Gasteiger partial charge in [-0.15, -0.1) is 0 Å². The highest BCUT2D eigenvalue weighted by atomic mass is 16.5. The Hall–Kier alpha value is -3.05. The van der Waals surface area contributed by atoms with Gasteiger partial charge in [0, 0.05) is 34.8 Å². The molecule has 1 fully saturated rings. The number of hydrogen-bond acceptors (Lipinski definition) is 3. The quantitative estimate of drug-likeness (QED) is 0.664. The van der Waals surface area contributed by atoms with E-state index < -0.39 is 0 Å². The van der Waals surface area contributed by atoms with Crippen LogP contribution < -0.4 is 14.7 Å². The number of nitrogens with zero attached hydrogens (tertiary/aromatic N) is 1. The number of carbonyl (C=O) groups is 1. The molecule has 5 nitrogen and oxygen atoms in total. The van der Waals surface area contributed by atoms with Crippen LogP contribution in [0.25, 0.3) is 17.0 Å². The summed E-state index contributed by atoms with van der Waals surface area (Å²) in [6.45, 7) is 5.70. The Balaban J connectivity index is 1.50. The molecule has 2 aliphatic rings. The summed E-state index contributed by atoms with van der Waals surface area (Å²) in [6, 6.07) is 11.3. The Morgan fingerprint density at radius 2 is 1.87 bits per heavy atom. The van der Waals surface area contributed by atoms with Crippen molar-refractivity contribution in [3.8, 4) is 11.5 Å². The molecule has 1 saturated heterocycles. The molecule has 3 heterocycles. The molecule has 0 amide bonds. The van der Waals surface area contributed by atoms with Gasteiger partial charge >= 0.3 is 0 Å². The van der Waals surface area contributed by atoms with Crippen molar-refractivity contribution in [2.45, 2.75) is 45.7 Å². The number of benzene rings is 2. The van der Waals surface area contributed by atoms with Gasteiger partial charge in [0.15, 0.2) is 5.76 Å². The summed E-state index contributed by atoms with van der Waals surface area (Å²) in [4.78, 5) is 14.5. The summed E-state index contributed by atoms with van der Waals surface area (Å²) in [5.41, 5.74) is 3.24. The number of likely N-dealkylation sites (tertiary alicyclic amines) is 1. The summed E-state index contributed by atoms with van der Waals surface area (Å²) >= 11 is 0. The van der Waals surface area contributed by atoms with E-state index in [0.29, 0.717) is 29.2 Å². The first-order valence-electron chi connectivity index (χ1n) is 11.3. The number of Topliss-reactive ketones (excluding diaryl/α,β-unsaturated/α-hetero) is 1. The first-order chi connectivity index (χ1) is 15.2. The Morgan fingerprint density at radius 1 is 1.10 bits per heavy atom. The van der Waals surface area contributed by atoms with Crippen LogP contribution in [-0.2, 0) is 13.1 Å². The molecule has 3 aromatic rings. The molecule has 0 spiro atoms. The Labute approximate surface area is 182 Å². The van der Waals surface area contributed by atoms with Crippen molar-refractivity contribution >= 4 is 22.8 Å². The second-order valence-electron chi connectivity index (χ2n) is 8.59. The normalized spacial score (nSPS) is 18.4. The standard InChI is InChI=1S/C26H28N2O3/c1-2-28-16-18(19-9-5-6-10-22(19)28)15-24-25(30)20-11-12-23(29)21(26(20)31-24)17-27-13-7-3-4-8-14-27/h5-6,9-12,15-16,29H,2-4,7-8,13-14,17H2,1H3/b24-15-. The van der Waals surface area contributed by atoms with E-state index in [4.69, 9.17) is 4.74 Å². The number of aryl methyl sites for hydroxylation is 1. The minimum Gasteiger partial charge on any atom is -0.872 e. The van der Waals surface area contributed by atoms with Gasteiger partial charge in [0.1, 0.15) is 12.3 Å². The third kappa shape index (κ3) is 3.63. The number of quaternary nitrogens is 1. The summed E-state index contributed by atoms with van der Waals surface area (Å²) in [5.74, 6) is 0.592. The number of carbonyl (C=O) groups excluding carboxylic acids is 1. The van der Waals surface area contributed by atoms with E-state index in [9.17, 15) is 9.90 Å². The molecule has 160 valence electrons. The minimum atomic E-state index is -0.143. The van der Waals surface area contributed by atoms with Gasteiger partial charge in [-0.25, -0.2) is 0 Å². The van der Waals surface area contributed by atoms with Gasteiger partial charge in [-0.3, -0.25) is 4.79 Å². The van der Waals surface area contributed by atoms with Crippen LogP contribution >= 0.6 is 0 Å². The predicted molar refractivity (Wildman–Crippen MR) is 119 cm³/mol. The number of aromatic nitrogens is 1. The molecule has 5 rings (SSSR count). The molecule has 0 aliphatic carbocycles. The van der Waals surface area contributed by atoms with Crippen molar-refractivity contribution in [2.24, 2.45) is 0 Å². The number of allylic oxidation sites excluding steroid dienone is 1. The van der Waals surface area contributed by atoms with E-state index in [0.717, 1.165) is 36.1 Å². The number of nitrogens with one attached hydrogen (secondary N) is 1. The number of fused-ring (bicyclic) bond motifs is 2. The number of rotatable bonds is 4. The number of para-hydroxylation sites is 1. The SMILES string of the molecule is CCn1cc(/C=C2\Oc3c(ccc([O-])c3C[NH+]3CCCCCC3)C2=O)c2ccccc21. The predicted octanol–water partition coefficient (Wildman–Crippen LogP) is 3.31. The van der Waals surface area contributed by atoms with Crippen LogP contribution in [0.2, 0.25) is 0 Å². The summed E-state index contributed by atoms with van der Waals surface area (Å²) in [6.07, 6.45) is 8.76.